The summed E-state index contributed by atoms with van der Waals surface area (Å²) >= 11 is 0. The van der Waals surface area contributed by atoms with Gasteiger partial charge < -0.3 is 33.5 Å². The third kappa shape index (κ3) is 7.16. The second kappa shape index (κ2) is 13.7. The molecule has 9 atom stereocenters. The van der Waals surface area contributed by atoms with Gasteiger partial charge in [-0.05, 0) is 99.9 Å². The SMILES string of the molecule is CO[C@]12C[C@@H](C)CN(C)[C@@H](C3CCC(N(C)C)CC3)COC(=O)C(C)(C)C(=O)[C@H](C)[C@H]1O[C@@H]1O[C@H](C)C[C@H](N(C)C)[C@H]1O2. The molecule has 0 aromatic heterocycles. The van der Waals surface area contributed by atoms with Crippen LogP contribution in [0.5, 0.6) is 0 Å². The van der Waals surface area contributed by atoms with Gasteiger partial charge in [0, 0.05) is 44.1 Å². The Kier molecular flexibility index (Phi) is 11.1. The molecule has 10 heteroatoms. The van der Waals surface area contributed by atoms with Crippen LogP contribution in [0.4, 0.5) is 0 Å². The predicted octanol–water partition coefficient (Wildman–Crippen LogP) is 3.41. The van der Waals surface area contributed by atoms with Gasteiger partial charge in [-0.1, -0.05) is 13.8 Å². The molecular weight excluding hydrogens is 550 g/mol. The van der Waals surface area contributed by atoms with Crippen LogP contribution in [0.15, 0.2) is 0 Å². The molecular formula is C33H59N3O7. The van der Waals surface area contributed by atoms with E-state index in [9.17, 15) is 9.59 Å². The lowest BCUT2D eigenvalue weighted by atomic mass is 9.76. The monoisotopic (exact) mass is 609 g/mol. The van der Waals surface area contributed by atoms with Crippen molar-refractivity contribution in [1.29, 1.82) is 0 Å². The molecule has 3 aliphatic heterocycles. The fourth-order valence-corrected chi connectivity index (χ4v) is 8.17. The number of methoxy groups -OCH3 is 1. The Morgan fingerprint density at radius 1 is 0.953 bits per heavy atom. The zero-order valence-electron chi connectivity index (χ0n) is 28.6. The smallest absolute Gasteiger partial charge is 0.319 e. The van der Waals surface area contributed by atoms with Gasteiger partial charge in [-0.25, -0.2) is 0 Å². The summed E-state index contributed by atoms with van der Waals surface area (Å²) in [6.07, 6.45) is 3.92. The van der Waals surface area contributed by atoms with Crippen LogP contribution in [0.1, 0.15) is 73.1 Å². The van der Waals surface area contributed by atoms with Crippen LogP contribution in [0.25, 0.3) is 0 Å². The average molecular weight is 610 g/mol. The summed E-state index contributed by atoms with van der Waals surface area (Å²) in [5.74, 6) is -2.09. The van der Waals surface area contributed by atoms with Gasteiger partial charge in [0.25, 0.3) is 0 Å². The number of carbonyl (C=O) groups is 2. The van der Waals surface area contributed by atoms with E-state index in [2.05, 4.69) is 42.8 Å². The number of nitrogens with zero attached hydrogens (tertiary/aromatic N) is 3. The first-order valence-electron chi connectivity index (χ1n) is 16.4. The van der Waals surface area contributed by atoms with Crippen LogP contribution < -0.4 is 0 Å². The number of cyclic esters (lactones) is 1. The van der Waals surface area contributed by atoms with E-state index < -0.39 is 35.5 Å². The topological polar surface area (TPSA) is 90.0 Å². The zero-order chi connectivity index (χ0) is 31.9. The van der Waals surface area contributed by atoms with Crippen LogP contribution >= 0.6 is 0 Å². The second-order valence-corrected chi connectivity index (χ2v) is 15.0. The Balaban J connectivity index is 1.68. The first kappa shape index (κ1) is 34.7. The minimum absolute atomic E-state index is 0.0308. The van der Waals surface area contributed by atoms with Gasteiger partial charge in [0.2, 0.25) is 0 Å². The molecule has 0 bridgehead atoms. The van der Waals surface area contributed by atoms with E-state index in [-0.39, 0.29) is 42.6 Å². The first-order valence-corrected chi connectivity index (χ1v) is 16.4. The van der Waals surface area contributed by atoms with E-state index in [4.69, 9.17) is 23.7 Å². The Hall–Kier alpha value is -1.14. The van der Waals surface area contributed by atoms with E-state index >= 15 is 0 Å². The van der Waals surface area contributed by atoms with Crippen LogP contribution in [-0.4, -0.2) is 130 Å². The highest BCUT2D eigenvalue weighted by molar-refractivity contribution is 6.04. The van der Waals surface area contributed by atoms with Gasteiger partial charge in [0.05, 0.1) is 6.10 Å². The number of esters is 1. The number of Topliss-reactive ketones (excluding diaryl/α,β-unsaturated/α-hetero) is 1. The van der Waals surface area contributed by atoms with Gasteiger partial charge in [-0.3, -0.25) is 14.5 Å². The lowest BCUT2D eigenvalue weighted by Gasteiger charge is -2.55. The zero-order valence-corrected chi connectivity index (χ0v) is 28.6. The quantitative estimate of drug-likeness (QED) is 0.349. The summed E-state index contributed by atoms with van der Waals surface area (Å²) in [5, 5.41) is 0. The molecule has 0 aromatic rings. The number of likely N-dealkylation sites (N-methyl/N-ethyl adjacent to an activating group) is 2. The van der Waals surface area contributed by atoms with Crippen molar-refractivity contribution in [2.75, 3.05) is 55.5 Å². The number of rotatable bonds is 4. The molecule has 0 amide bonds. The number of carbonyl (C=O) groups excluding carboxylic acids is 2. The third-order valence-electron chi connectivity index (χ3n) is 10.8. The molecule has 248 valence electrons. The summed E-state index contributed by atoms with van der Waals surface area (Å²) in [4.78, 5) is 34.6. The van der Waals surface area contributed by atoms with Gasteiger partial charge in [0.15, 0.2) is 17.9 Å². The minimum Gasteiger partial charge on any atom is -0.463 e. The maximum absolute atomic E-state index is 14.2. The Bertz CT molecular complexity index is 968. The third-order valence-corrected chi connectivity index (χ3v) is 10.8. The number of fused-ring (bicyclic) bond motifs is 2. The van der Waals surface area contributed by atoms with Crippen LogP contribution in [0, 0.1) is 23.2 Å². The Morgan fingerprint density at radius 2 is 1.60 bits per heavy atom. The van der Waals surface area contributed by atoms with Crippen molar-refractivity contribution in [2.24, 2.45) is 23.2 Å². The summed E-state index contributed by atoms with van der Waals surface area (Å²) in [6, 6.07) is 0.704. The van der Waals surface area contributed by atoms with Gasteiger partial charge in [-0.2, -0.15) is 0 Å². The van der Waals surface area contributed by atoms with Crippen molar-refractivity contribution in [1.82, 2.24) is 14.7 Å². The molecule has 0 unspecified atom stereocenters. The molecule has 1 saturated carbocycles. The number of hydrogen-bond acceptors (Lipinski definition) is 10. The Morgan fingerprint density at radius 3 is 2.19 bits per heavy atom. The van der Waals surface area contributed by atoms with E-state index in [0.717, 1.165) is 38.6 Å². The van der Waals surface area contributed by atoms with Gasteiger partial charge in [0.1, 0.15) is 24.2 Å². The fourth-order valence-electron chi connectivity index (χ4n) is 8.17. The van der Waals surface area contributed by atoms with Crippen molar-refractivity contribution >= 4 is 11.8 Å². The lowest BCUT2D eigenvalue weighted by Crippen LogP contribution is -2.69. The average Bonchev–Trinajstić information content (AvgIpc) is 2.95. The molecule has 0 radical (unpaired) electrons. The highest BCUT2D eigenvalue weighted by Crippen LogP contribution is 2.45. The first-order chi connectivity index (χ1) is 20.1. The van der Waals surface area contributed by atoms with Gasteiger partial charge >= 0.3 is 5.97 Å². The lowest BCUT2D eigenvalue weighted by molar-refractivity contribution is -0.424. The highest BCUT2D eigenvalue weighted by Gasteiger charge is 2.59. The highest BCUT2D eigenvalue weighted by atomic mass is 16.8. The molecule has 3 heterocycles. The van der Waals surface area contributed by atoms with Crippen molar-refractivity contribution in [2.45, 2.75) is 122 Å². The van der Waals surface area contributed by atoms with Crippen LogP contribution in [0.2, 0.25) is 0 Å². The van der Waals surface area contributed by atoms with Crippen molar-refractivity contribution in [3.05, 3.63) is 0 Å². The van der Waals surface area contributed by atoms with Crippen LogP contribution in [-0.2, 0) is 33.3 Å². The molecule has 0 spiro atoms. The number of ether oxygens (including phenoxy) is 5. The molecule has 0 aromatic carbocycles. The number of hydrogen-bond donors (Lipinski definition) is 0. The summed E-state index contributed by atoms with van der Waals surface area (Å²) in [6.45, 7) is 10.4. The van der Waals surface area contributed by atoms with E-state index in [1.54, 1.807) is 21.0 Å². The minimum atomic E-state index is -1.36. The fraction of sp³-hybridized carbons (Fsp3) is 0.939. The molecule has 4 aliphatic rings. The molecule has 3 saturated heterocycles. The molecule has 0 N–H and O–H groups in total. The van der Waals surface area contributed by atoms with E-state index in [1.165, 1.54) is 0 Å². The second-order valence-electron chi connectivity index (χ2n) is 15.0. The molecule has 10 nitrogen and oxygen atoms in total. The van der Waals surface area contributed by atoms with Crippen molar-refractivity contribution < 1.29 is 33.3 Å². The normalized spacial score (nSPS) is 43.7. The predicted molar refractivity (Wildman–Crippen MR) is 164 cm³/mol. The summed E-state index contributed by atoms with van der Waals surface area (Å²) in [7, 11) is 12.2. The van der Waals surface area contributed by atoms with Crippen molar-refractivity contribution in [3.8, 4) is 0 Å². The van der Waals surface area contributed by atoms with E-state index in [0.29, 0.717) is 18.4 Å². The standard InChI is InChI=1S/C33H59N3O7/c1-20-17-33(39-11)29(42-30-27(43-33)25(35(8)9)16-21(2)41-30)22(3)28(37)32(4,5)31(38)40-19-26(36(10)18-20)23-12-14-24(15-13-23)34(6)7/h20-27,29-30H,12-19H2,1-11H3/t20-,21-,22+,23?,24?,25+,26-,27-,29-,30+,33+/m1/s1. The number of ketones is 1. The van der Waals surface area contributed by atoms with Crippen molar-refractivity contribution in [3.63, 3.8) is 0 Å². The van der Waals surface area contributed by atoms with Crippen LogP contribution in [0.3, 0.4) is 0 Å². The molecule has 43 heavy (non-hydrogen) atoms. The maximum Gasteiger partial charge on any atom is 0.319 e. The summed E-state index contributed by atoms with van der Waals surface area (Å²) < 4.78 is 32.3. The Labute approximate surface area is 260 Å². The summed E-state index contributed by atoms with van der Waals surface area (Å²) in [5.41, 5.74) is -1.36. The molecule has 4 rings (SSSR count). The maximum atomic E-state index is 14.2. The van der Waals surface area contributed by atoms with Gasteiger partial charge in [-0.15, -0.1) is 0 Å². The largest absolute Gasteiger partial charge is 0.463 e. The van der Waals surface area contributed by atoms with E-state index in [1.807, 2.05) is 27.9 Å². The molecule has 1 aliphatic carbocycles. The molecule has 4 fully saturated rings.